The van der Waals surface area contributed by atoms with Gasteiger partial charge < -0.3 is 4.90 Å². The van der Waals surface area contributed by atoms with Crippen LogP contribution in [0.4, 0.5) is 17.1 Å². The number of rotatable bonds is 8. The zero-order valence-corrected chi connectivity index (χ0v) is 40.5. The fourth-order valence-electron chi connectivity index (χ4n) is 9.98. The molecule has 0 N–H and O–H groups in total. The van der Waals surface area contributed by atoms with Crippen LogP contribution in [-0.2, 0) is 10.8 Å². The van der Waals surface area contributed by atoms with Crippen molar-refractivity contribution < 1.29 is 0 Å². The average Bonchev–Trinajstić information content (AvgIpc) is 3.75. The first-order valence-corrected chi connectivity index (χ1v) is 24.6. The summed E-state index contributed by atoms with van der Waals surface area (Å²) in [6.45, 7) is 14.0. The number of nitrogens with zero attached hydrogens (tertiary/aromatic N) is 1. The SMILES string of the molecule is CC(C)(C)c1cc(-c2cccc3cccc(-c4ccccc4N(c4cccc(-c5cccc6sc7ccccc7c56)c4)c4ccc(-c5ccccc5)cc4-c4ccccc4)c23)cc(C(C)(C)C)c1. The second-order valence-electron chi connectivity index (χ2n) is 20.2. The van der Waals surface area contributed by atoms with Crippen molar-refractivity contribution in [2.24, 2.45) is 0 Å². The smallest absolute Gasteiger partial charge is 0.0540 e. The lowest BCUT2D eigenvalue weighted by molar-refractivity contribution is 0.569. The average molecular weight is 894 g/mol. The first-order chi connectivity index (χ1) is 33.0. The van der Waals surface area contributed by atoms with Gasteiger partial charge in [-0.15, -0.1) is 11.3 Å². The van der Waals surface area contributed by atoms with E-state index in [0.29, 0.717) is 0 Å². The molecule has 1 aromatic heterocycles. The molecule has 0 amide bonds. The summed E-state index contributed by atoms with van der Waals surface area (Å²) in [6.07, 6.45) is 0. The van der Waals surface area contributed by atoms with E-state index in [1.807, 2.05) is 11.3 Å². The molecule has 0 spiro atoms. The number of thiophene rings is 1. The summed E-state index contributed by atoms with van der Waals surface area (Å²) in [7, 11) is 0. The highest BCUT2D eigenvalue weighted by Crippen LogP contribution is 2.49. The van der Waals surface area contributed by atoms with Gasteiger partial charge in [0.15, 0.2) is 0 Å². The summed E-state index contributed by atoms with van der Waals surface area (Å²) in [6, 6.07) is 83.4. The van der Waals surface area contributed by atoms with Crippen LogP contribution in [0.3, 0.4) is 0 Å². The van der Waals surface area contributed by atoms with Crippen LogP contribution in [0.5, 0.6) is 0 Å². The molecular weight excluding hydrogens is 839 g/mol. The van der Waals surface area contributed by atoms with E-state index in [2.05, 4.69) is 271 Å². The molecule has 0 aliphatic heterocycles. The highest BCUT2D eigenvalue weighted by atomic mass is 32.1. The number of benzene rings is 10. The lowest BCUT2D eigenvalue weighted by Crippen LogP contribution is -2.16. The second-order valence-corrected chi connectivity index (χ2v) is 21.2. The lowest BCUT2D eigenvalue weighted by Gasteiger charge is -2.31. The third kappa shape index (κ3) is 7.99. The van der Waals surface area contributed by atoms with Crippen molar-refractivity contribution in [1.29, 1.82) is 0 Å². The van der Waals surface area contributed by atoms with Crippen LogP contribution in [0.2, 0.25) is 0 Å². The van der Waals surface area contributed by atoms with E-state index in [1.165, 1.54) is 81.0 Å². The van der Waals surface area contributed by atoms with E-state index in [1.54, 1.807) is 0 Å². The summed E-state index contributed by atoms with van der Waals surface area (Å²) in [5.41, 5.74) is 17.9. The van der Waals surface area contributed by atoms with Crippen molar-refractivity contribution in [2.45, 2.75) is 52.4 Å². The fourth-order valence-corrected chi connectivity index (χ4v) is 11.1. The molecule has 0 saturated heterocycles. The molecule has 2 heteroatoms. The van der Waals surface area contributed by atoms with Crippen LogP contribution in [0.15, 0.2) is 224 Å². The van der Waals surface area contributed by atoms with E-state index in [4.69, 9.17) is 0 Å². The Morgan fingerprint density at radius 2 is 0.868 bits per heavy atom. The predicted molar refractivity (Wildman–Crippen MR) is 296 cm³/mol. The van der Waals surface area contributed by atoms with Gasteiger partial charge in [0.1, 0.15) is 0 Å². The van der Waals surface area contributed by atoms with Crippen LogP contribution < -0.4 is 4.90 Å². The Morgan fingerprint density at radius 3 is 1.59 bits per heavy atom. The molecule has 0 radical (unpaired) electrons. The van der Waals surface area contributed by atoms with Gasteiger partial charge in [-0.2, -0.15) is 0 Å². The third-order valence-electron chi connectivity index (χ3n) is 13.6. The van der Waals surface area contributed by atoms with Crippen molar-refractivity contribution in [3.63, 3.8) is 0 Å². The second kappa shape index (κ2) is 17.3. The van der Waals surface area contributed by atoms with Crippen LogP contribution in [0, 0.1) is 0 Å². The maximum atomic E-state index is 2.52. The summed E-state index contributed by atoms with van der Waals surface area (Å²) < 4.78 is 2.61. The third-order valence-corrected chi connectivity index (χ3v) is 14.7. The number of hydrogen-bond acceptors (Lipinski definition) is 2. The Hall–Kier alpha value is -7.52. The molecule has 0 atom stereocenters. The van der Waals surface area contributed by atoms with Gasteiger partial charge in [0, 0.05) is 37.0 Å². The quantitative estimate of drug-likeness (QED) is 0.147. The van der Waals surface area contributed by atoms with Crippen LogP contribution in [0.25, 0.3) is 86.6 Å². The van der Waals surface area contributed by atoms with Gasteiger partial charge in [0.05, 0.1) is 11.4 Å². The van der Waals surface area contributed by atoms with Gasteiger partial charge in [-0.1, -0.05) is 224 Å². The van der Waals surface area contributed by atoms with Crippen LogP contribution >= 0.6 is 11.3 Å². The molecule has 0 fully saturated rings. The summed E-state index contributed by atoms with van der Waals surface area (Å²) in [4.78, 5) is 2.52. The molecule has 68 heavy (non-hydrogen) atoms. The minimum atomic E-state index is -0.0143. The van der Waals surface area contributed by atoms with Gasteiger partial charge in [0.2, 0.25) is 0 Å². The fraction of sp³-hybridized carbons (Fsp3) is 0.121. The highest BCUT2D eigenvalue weighted by molar-refractivity contribution is 7.25. The molecule has 11 aromatic rings. The maximum Gasteiger partial charge on any atom is 0.0540 e. The molecule has 10 aromatic carbocycles. The number of fused-ring (bicyclic) bond motifs is 4. The Labute approximate surface area is 405 Å². The Kier molecular flexibility index (Phi) is 10.9. The Morgan fingerprint density at radius 1 is 0.324 bits per heavy atom. The van der Waals surface area contributed by atoms with Gasteiger partial charge >= 0.3 is 0 Å². The topological polar surface area (TPSA) is 3.24 Å². The monoisotopic (exact) mass is 893 g/mol. The van der Waals surface area contributed by atoms with E-state index >= 15 is 0 Å². The normalized spacial score (nSPS) is 12.0. The Bertz CT molecular complexity index is 3600. The minimum Gasteiger partial charge on any atom is -0.309 e. The van der Waals surface area contributed by atoms with E-state index in [-0.39, 0.29) is 10.8 Å². The van der Waals surface area contributed by atoms with E-state index < -0.39 is 0 Å². The first-order valence-electron chi connectivity index (χ1n) is 23.8. The van der Waals surface area contributed by atoms with Crippen molar-refractivity contribution in [1.82, 2.24) is 0 Å². The molecule has 0 aliphatic rings. The number of para-hydroxylation sites is 1. The molecule has 0 unspecified atom stereocenters. The van der Waals surface area contributed by atoms with Gasteiger partial charge in [-0.25, -0.2) is 0 Å². The van der Waals surface area contributed by atoms with E-state index in [0.717, 1.165) is 33.8 Å². The van der Waals surface area contributed by atoms with Gasteiger partial charge in [0.25, 0.3) is 0 Å². The Balaban J connectivity index is 1.19. The predicted octanol–water partition coefficient (Wildman–Crippen LogP) is 19.6. The van der Waals surface area contributed by atoms with Gasteiger partial charge in [-0.05, 0) is 120 Å². The molecular formula is C66H55NS. The zero-order valence-electron chi connectivity index (χ0n) is 39.7. The van der Waals surface area contributed by atoms with Crippen LogP contribution in [-0.4, -0.2) is 0 Å². The molecule has 0 saturated carbocycles. The summed E-state index contributed by atoms with van der Waals surface area (Å²) in [5, 5.41) is 5.08. The van der Waals surface area contributed by atoms with Crippen molar-refractivity contribution >= 4 is 59.3 Å². The molecule has 0 aliphatic carbocycles. The van der Waals surface area contributed by atoms with Crippen molar-refractivity contribution in [3.05, 3.63) is 236 Å². The molecule has 1 nitrogen and oxygen atoms in total. The lowest BCUT2D eigenvalue weighted by atomic mass is 9.78. The number of hydrogen-bond donors (Lipinski definition) is 0. The summed E-state index contributed by atoms with van der Waals surface area (Å²) >= 11 is 1.87. The van der Waals surface area contributed by atoms with Crippen LogP contribution in [0.1, 0.15) is 52.7 Å². The molecule has 11 rings (SSSR count). The van der Waals surface area contributed by atoms with Crippen molar-refractivity contribution in [2.75, 3.05) is 4.90 Å². The van der Waals surface area contributed by atoms with Crippen molar-refractivity contribution in [3.8, 4) is 55.6 Å². The van der Waals surface area contributed by atoms with E-state index in [9.17, 15) is 0 Å². The zero-order chi connectivity index (χ0) is 46.6. The largest absolute Gasteiger partial charge is 0.309 e. The molecule has 0 bridgehead atoms. The minimum absolute atomic E-state index is 0.0143. The van der Waals surface area contributed by atoms with Gasteiger partial charge in [-0.3, -0.25) is 0 Å². The summed E-state index contributed by atoms with van der Waals surface area (Å²) in [5.74, 6) is 0. The maximum absolute atomic E-state index is 2.52. The highest BCUT2D eigenvalue weighted by Gasteiger charge is 2.25. The molecule has 330 valence electrons. The molecule has 1 heterocycles. The first kappa shape index (κ1) is 43.1. The number of anilines is 3. The standard InChI is InChI=1S/C66H55NS/c1-65(2,3)50-39-49(40-51(43-50)66(4,5)6)54-31-18-25-46-26-19-33-56(63(46)54)55-29-13-15-34-59(55)67(60-38-37-47(44-21-9-7-10-22-44)42-58(60)45-23-11-8-12-24-45)52-28-17-27-48(41-52)53-32-20-36-62-64(53)57-30-14-16-35-61(57)68-62/h7-43H,1-6H3.